The maximum absolute atomic E-state index is 5.39. The fraction of sp³-hybridized carbons (Fsp3) is 0.389. The summed E-state index contributed by atoms with van der Waals surface area (Å²) in [5.74, 6) is 2.61. The average Bonchev–Trinajstić information content (AvgIpc) is 3.16. The Balaban J connectivity index is 0.00000338. The number of rotatable bonds is 8. The van der Waals surface area contributed by atoms with Crippen LogP contribution in [0.25, 0.3) is 0 Å². The fourth-order valence-corrected chi connectivity index (χ4v) is 2.99. The molecule has 2 aromatic rings. The smallest absolute Gasteiger partial charge is 0.203 e. The van der Waals surface area contributed by atoms with E-state index in [9.17, 15) is 0 Å². The van der Waals surface area contributed by atoms with Gasteiger partial charge in [-0.2, -0.15) is 11.3 Å². The highest BCUT2D eigenvalue weighted by Gasteiger charge is 2.13. The second-order valence-electron chi connectivity index (χ2n) is 5.21. The lowest BCUT2D eigenvalue weighted by atomic mass is 10.2. The first kappa shape index (κ1) is 22.4. The van der Waals surface area contributed by atoms with Gasteiger partial charge in [0.1, 0.15) is 0 Å². The molecule has 26 heavy (non-hydrogen) atoms. The Kier molecular flexibility index (Phi) is 10.2. The SMILES string of the molecule is CCNC(=NCc1cc(OC)c(OC)c(OC)c1)NCc1ccsc1.I. The molecule has 0 spiro atoms. The van der Waals surface area contributed by atoms with Crippen molar-refractivity contribution < 1.29 is 14.2 Å². The molecule has 1 aromatic carbocycles. The van der Waals surface area contributed by atoms with E-state index >= 15 is 0 Å². The third kappa shape index (κ3) is 6.24. The Labute approximate surface area is 176 Å². The van der Waals surface area contributed by atoms with E-state index in [1.165, 1.54) is 5.56 Å². The molecule has 0 unspecified atom stereocenters. The molecular formula is C18H26IN3O3S. The van der Waals surface area contributed by atoms with E-state index in [1.54, 1.807) is 32.7 Å². The number of methoxy groups -OCH3 is 3. The zero-order valence-corrected chi connectivity index (χ0v) is 18.6. The highest BCUT2D eigenvalue weighted by Crippen LogP contribution is 2.38. The van der Waals surface area contributed by atoms with Crippen LogP contribution in [-0.2, 0) is 13.1 Å². The van der Waals surface area contributed by atoms with E-state index in [4.69, 9.17) is 14.2 Å². The Bertz CT molecular complexity index is 668. The summed E-state index contributed by atoms with van der Waals surface area (Å²) in [5, 5.41) is 10.8. The molecule has 0 saturated carbocycles. The minimum absolute atomic E-state index is 0. The number of nitrogens with one attached hydrogen (secondary N) is 2. The van der Waals surface area contributed by atoms with Crippen LogP contribution in [0.5, 0.6) is 17.2 Å². The molecule has 2 N–H and O–H groups in total. The van der Waals surface area contributed by atoms with E-state index in [0.717, 1.165) is 24.6 Å². The summed E-state index contributed by atoms with van der Waals surface area (Å²) < 4.78 is 16.1. The van der Waals surface area contributed by atoms with Crippen LogP contribution in [0.1, 0.15) is 18.1 Å². The second-order valence-corrected chi connectivity index (χ2v) is 5.99. The number of guanidine groups is 1. The van der Waals surface area contributed by atoms with Gasteiger partial charge in [-0.05, 0) is 47.0 Å². The molecule has 0 bridgehead atoms. The van der Waals surface area contributed by atoms with Gasteiger partial charge in [0.25, 0.3) is 0 Å². The molecule has 2 rings (SSSR count). The van der Waals surface area contributed by atoms with Crippen molar-refractivity contribution in [2.75, 3.05) is 27.9 Å². The number of ether oxygens (including phenoxy) is 3. The third-order valence-corrected chi connectivity index (χ3v) is 4.26. The van der Waals surface area contributed by atoms with Crippen LogP contribution in [-0.4, -0.2) is 33.8 Å². The summed E-state index contributed by atoms with van der Waals surface area (Å²) >= 11 is 1.69. The van der Waals surface area contributed by atoms with E-state index in [1.807, 2.05) is 19.1 Å². The van der Waals surface area contributed by atoms with Crippen molar-refractivity contribution in [1.29, 1.82) is 0 Å². The molecular weight excluding hydrogens is 465 g/mol. The van der Waals surface area contributed by atoms with Crippen molar-refractivity contribution in [2.45, 2.75) is 20.0 Å². The highest BCUT2D eigenvalue weighted by molar-refractivity contribution is 14.0. The average molecular weight is 491 g/mol. The van der Waals surface area contributed by atoms with E-state index in [2.05, 4.69) is 32.5 Å². The molecule has 0 amide bonds. The second kappa shape index (κ2) is 11.8. The minimum atomic E-state index is 0. The molecule has 0 fully saturated rings. The topological polar surface area (TPSA) is 64.1 Å². The van der Waals surface area contributed by atoms with Crippen molar-refractivity contribution in [3.63, 3.8) is 0 Å². The molecule has 0 aliphatic rings. The van der Waals surface area contributed by atoms with Crippen LogP contribution in [0, 0.1) is 0 Å². The van der Waals surface area contributed by atoms with Crippen molar-refractivity contribution in [2.24, 2.45) is 4.99 Å². The monoisotopic (exact) mass is 491 g/mol. The van der Waals surface area contributed by atoms with Crippen molar-refractivity contribution in [3.05, 3.63) is 40.1 Å². The zero-order valence-electron chi connectivity index (χ0n) is 15.5. The maximum atomic E-state index is 5.39. The quantitative estimate of drug-likeness (QED) is 0.336. The number of thiophene rings is 1. The van der Waals surface area contributed by atoms with Crippen molar-refractivity contribution in [1.82, 2.24) is 10.6 Å². The van der Waals surface area contributed by atoms with Crippen LogP contribution in [0.2, 0.25) is 0 Å². The summed E-state index contributed by atoms with van der Waals surface area (Å²) in [4.78, 5) is 4.64. The number of hydrogen-bond acceptors (Lipinski definition) is 5. The number of nitrogens with zero attached hydrogens (tertiary/aromatic N) is 1. The van der Waals surface area contributed by atoms with Crippen molar-refractivity contribution >= 4 is 41.3 Å². The Morgan fingerprint density at radius 3 is 2.23 bits per heavy atom. The van der Waals surface area contributed by atoms with Gasteiger partial charge in [-0.15, -0.1) is 24.0 Å². The summed E-state index contributed by atoms with van der Waals surface area (Å²) in [7, 11) is 4.81. The van der Waals surface area contributed by atoms with Crippen LogP contribution < -0.4 is 24.8 Å². The molecule has 1 aromatic heterocycles. The first-order valence-electron chi connectivity index (χ1n) is 8.04. The zero-order chi connectivity index (χ0) is 18.1. The van der Waals surface area contributed by atoms with Crippen LogP contribution in [0.3, 0.4) is 0 Å². The van der Waals surface area contributed by atoms with Gasteiger partial charge in [-0.25, -0.2) is 4.99 Å². The molecule has 0 aliphatic carbocycles. The van der Waals surface area contributed by atoms with Gasteiger partial charge in [-0.1, -0.05) is 0 Å². The lowest BCUT2D eigenvalue weighted by Crippen LogP contribution is -2.36. The standard InChI is InChI=1S/C18H25N3O3S.HI/c1-5-19-18(20-10-13-6-7-25-12-13)21-11-14-8-15(22-2)17(24-4)16(9-14)23-3;/h6-9,12H,5,10-11H2,1-4H3,(H2,19,20,21);1H. The number of hydrogen-bond donors (Lipinski definition) is 2. The highest BCUT2D eigenvalue weighted by atomic mass is 127. The maximum Gasteiger partial charge on any atom is 0.203 e. The lowest BCUT2D eigenvalue weighted by molar-refractivity contribution is 0.324. The predicted octanol–water partition coefficient (Wildman–Crippen LogP) is 3.65. The molecule has 0 saturated heterocycles. The van der Waals surface area contributed by atoms with E-state index < -0.39 is 0 Å². The minimum Gasteiger partial charge on any atom is -0.493 e. The van der Waals surface area contributed by atoms with Gasteiger partial charge in [0.05, 0.1) is 27.9 Å². The summed E-state index contributed by atoms with van der Waals surface area (Å²) in [6, 6.07) is 5.92. The number of benzene rings is 1. The normalized spacial score (nSPS) is 10.7. The van der Waals surface area contributed by atoms with Gasteiger partial charge < -0.3 is 24.8 Å². The summed E-state index contributed by atoms with van der Waals surface area (Å²) in [6.45, 7) is 4.08. The molecule has 0 radical (unpaired) electrons. The fourth-order valence-electron chi connectivity index (χ4n) is 2.32. The first-order valence-corrected chi connectivity index (χ1v) is 8.98. The predicted molar refractivity (Wildman–Crippen MR) is 117 cm³/mol. The third-order valence-electron chi connectivity index (χ3n) is 3.53. The Hall–Kier alpha value is -1.68. The molecule has 0 aliphatic heterocycles. The molecule has 1 heterocycles. The van der Waals surface area contributed by atoms with E-state index in [-0.39, 0.29) is 24.0 Å². The van der Waals surface area contributed by atoms with Crippen LogP contribution >= 0.6 is 35.3 Å². The van der Waals surface area contributed by atoms with Gasteiger partial charge >= 0.3 is 0 Å². The molecule has 6 nitrogen and oxygen atoms in total. The van der Waals surface area contributed by atoms with Gasteiger partial charge in [0.2, 0.25) is 5.75 Å². The summed E-state index contributed by atoms with van der Waals surface area (Å²) in [6.07, 6.45) is 0. The van der Waals surface area contributed by atoms with Gasteiger partial charge in [0, 0.05) is 13.1 Å². The molecule has 0 atom stereocenters. The van der Waals surface area contributed by atoms with Crippen molar-refractivity contribution in [3.8, 4) is 17.2 Å². The number of halogens is 1. The molecule has 8 heteroatoms. The van der Waals surface area contributed by atoms with Crippen LogP contribution in [0.15, 0.2) is 34.0 Å². The first-order chi connectivity index (χ1) is 12.2. The van der Waals surface area contributed by atoms with E-state index in [0.29, 0.717) is 23.8 Å². The van der Waals surface area contributed by atoms with Gasteiger partial charge in [0.15, 0.2) is 17.5 Å². The summed E-state index contributed by atoms with van der Waals surface area (Å²) in [5.41, 5.74) is 2.21. The largest absolute Gasteiger partial charge is 0.493 e. The molecule has 144 valence electrons. The van der Waals surface area contributed by atoms with Gasteiger partial charge in [-0.3, -0.25) is 0 Å². The lowest BCUT2D eigenvalue weighted by Gasteiger charge is -2.14. The Morgan fingerprint density at radius 1 is 1.04 bits per heavy atom. The van der Waals surface area contributed by atoms with Crippen LogP contribution in [0.4, 0.5) is 0 Å². The number of aliphatic imine (C=N–C) groups is 1. The Morgan fingerprint density at radius 2 is 1.73 bits per heavy atom.